The third kappa shape index (κ3) is 3.84. The second-order valence-electron chi connectivity index (χ2n) is 7.40. The molecule has 0 spiro atoms. The minimum absolute atomic E-state index is 0.0208. The largest absolute Gasteiger partial charge is 0.325 e. The molecule has 2 fully saturated rings. The number of benzene rings is 1. The Hall–Kier alpha value is -1.94. The molecule has 1 aliphatic carbocycles. The maximum atomic E-state index is 13.0. The summed E-state index contributed by atoms with van der Waals surface area (Å²) in [4.78, 5) is 19.2. The molecule has 0 bridgehead atoms. The zero-order chi connectivity index (χ0) is 17.8. The molecule has 4 nitrogen and oxygen atoms in total. The van der Waals surface area contributed by atoms with Crippen LogP contribution in [0, 0.1) is 11.8 Å². The first kappa shape index (κ1) is 17.9. The van der Waals surface area contributed by atoms with Gasteiger partial charge in [-0.05, 0) is 56.8 Å². The Morgan fingerprint density at radius 1 is 1.28 bits per heavy atom. The van der Waals surface area contributed by atoms with Crippen molar-refractivity contribution < 1.29 is 4.79 Å². The van der Waals surface area contributed by atoms with Crippen molar-refractivity contribution >= 4 is 30.1 Å². The van der Waals surface area contributed by atoms with Crippen molar-refractivity contribution in [3.8, 4) is 0 Å². The lowest BCUT2D eigenvalue weighted by Crippen LogP contribution is -2.43. The average molecular weight is 339 g/mol. The molecule has 1 aromatic carbocycles. The topological polar surface area (TPSA) is 44.7 Å². The molecule has 1 saturated carbocycles. The summed E-state index contributed by atoms with van der Waals surface area (Å²) >= 11 is 0. The Labute approximate surface area is 151 Å². The fraction of sp³-hybridized carbons (Fsp3) is 0.524. The molecule has 2 aliphatic rings. The number of hydrogen-bond donors (Lipinski definition) is 1. The van der Waals surface area contributed by atoms with E-state index in [1.807, 2.05) is 18.2 Å². The molecule has 1 amide bonds. The Kier molecular flexibility index (Phi) is 5.69. The first-order valence-corrected chi connectivity index (χ1v) is 9.38. The van der Waals surface area contributed by atoms with Gasteiger partial charge in [0, 0.05) is 11.3 Å². The summed E-state index contributed by atoms with van der Waals surface area (Å²) in [5.41, 5.74) is 2.47. The summed E-state index contributed by atoms with van der Waals surface area (Å²) in [6, 6.07) is 5.66. The van der Waals surface area contributed by atoms with Crippen LogP contribution >= 0.6 is 0 Å². The molecule has 2 atom stereocenters. The molecule has 0 aromatic heterocycles. The molecular formula is C21H29N3O. The highest BCUT2D eigenvalue weighted by Crippen LogP contribution is 2.38. The van der Waals surface area contributed by atoms with Gasteiger partial charge in [-0.3, -0.25) is 14.7 Å². The van der Waals surface area contributed by atoms with Gasteiger partial charge in [-0.1, -0.05) is 44.8 Å². The van der Waals surface area contributed by atoms with Gasteiger partial charge in [0.05, 0.1) is 11.7 Å². The van der Waals surface area contributed by atoms with Gasteiger partial charge in [0.25, 0.3) is 0 Å². The molecule has 1 aromatic rings. The van der Waals surface area contributed by atoms with E-state index in [0.717, 1.165) is 29.9 Å². The van der Waals surface area contributed by atoms with E-state index in [1.54, 1.807) is 6.08 Å². The summed E-state index contributed by atoms with van der Waals surface area (Å²) in [5.74, 6) is 1.30. The summed E-state index contributed by atoms with van der Waals surface area (Å²) < 4.78 is 0. The van der Waals surface area contributed by atoms with Gasteiger partial charge in [0.1, 0.15) is 0 Å². The molecule has 3 rings (SSSR count). The highest BCUT2D eigenvalue weighted by molar-refractivity contribution is 5.96. The Morgan fingerprint density at radius 3 is 2.72 bits per heavy atom. The van der Waals surface area contributed by atoms with E-state index in [1.165, 1.54) is 32.1 Å². The fourth-order valence-corrected chi connectivity index (χ4v) is 4.58. The van der Waals surface area contributed by atoms with Crippen LogP contribution in [0.15, 0.2) is 29.8 Å². The quantitative estimate of drug-likeness (QED) is 0.803. The molecule has 1 saturated heterocycles. The number of carbonyl (C=O) groups excluding carboxylic acids is 1. The second kappa shape index (κ2) is 7.96. The third-order valence-electron chi connectivity index (χ3n) is 5.90. The van der Waals surface area contributed by atoms with Gasteiger partial charge >= 0.3 is 0 Å². The van der Waals surface area contributed by atoms with E-state index < -0.39 is 0 Å². The first-order chi connectivity index (χ1) is 12.1. The van der Waals surface area contributed by atoms with Crippen LogP contribution in [0.5, 0.6) is 0 Å². The zero-order valence-electron chi connectivity index (χ0n) is 15.2. The van der Waals surface area contributed by atoms with Crippen LogP contribution in [0.25, 0.3) is 6.08 Å². The number of carbonyl (C=O) groups is 1. The number of hydrogen-bond acceptors (Lipinski definition) is 3. The van der Waals surface area contributed by atoms with Crippen molar-refractivity contribution in [1.82, 2.24) is 4.90 Å². The second-order valence-corrected chi connectivity index (χ2v) is 7.40. The highest BCUT2D eigenvalue weighted by atomic mass is 16.2. The number of anilines is 1. The van der Waals surface area contributed by atoms with E-state index in [2.05, 4.69) is 35.6 Å². The number of aliphatic imine (C=N–C) groups is 1. The van der Waals surface area contributed by atoms with Crippen LogP contribution in [0.1, 0.15) is 44.1 Å². The van der Waals surface area contributed by atoms with Crippen molar-refractivity contribution in [2.75, 3.05) is 18.9 Å². The summed E-state index contributed by atoms with van der Waals surface area (Å²) in [7, 11) is 2.08. The number of nitrogens with one attached hydrogen (secondary N) is 1. The van der Waals surface area contributed by atoms with Gasteiger partial charge < -0.3 is 5.32 Å². The molecule has 1 N–H and O–H groups in total. The summed E-state index contributed by atoms with van der Waals surface area (Å²) in [6.45, 7) is 8.40. The van der Waals surface area contributed by atoms with Crippen molar-refractivity contribution in [3.05, 3.63) is 30.3 Å². The standard InChI is InChI=1S/C21H29N3O/c1-4-15-14-17(10-11-19(15)22-2)23-21(25)20-18(12-13-24(20)3)16-8-6-5-7-9-16/h4,10-11,14,16,18,20H,1-2,5-9,12-13H2,3H3,(H,23,25)/t18-,20+/m1/s1. The van der Waals surface area contributed by atoms with Crippen molar-refractivity contribution in [3.63, 3.8) is 0 Å². The number of rotatable bonds is 5. The molecule has 0 unspecified atom stereocenters. The van der Waals surface area contributed by atoms with Gasteiger partial charge in [0.2, 0.25) is 5.91 Å². The van der Waals surface area contributed by atoms with Gasteiger partial charge in [-0.15, -0.1) is 0 Å². The van der Waals surface area contributed by atoms with Crippen LogP contribution in [0.3, 0.4) is 0 Å². The molecule has 1 heterocycles. The number of likely N-dealkylation sites (tertiary alicyclic amines) is 1. The molecule has 134 valence electrons. The lowest BCUT2D eigenvalue weighted by atomic mass is 9.76. The lowest BCUT2D eigenvalue weighted by molar-refractivity contribution is -0.121. The van der Waals surface area contributed by atoms with Crippen LogP contribution < -0.4 is 5.32 Å². The Bertz CT molecular complexity index is 649. The molecule has 1 aliphatic heterocycles. The maximum Gasteiger partial charge on any atom is 0.242 e. The normalized spacial score (nSPS) is 24.8. The summed E-state index contributed by atoms with van der Waals surface area (Å²) in [6.07, 6.45) is 9.42. The minimum atomic E-state index is -0.0208. The molecule has 25 heavy (non-hydrogen) atoms. The van der Waals surface area contributed by atoms with E-state index >= 15 is 0 Å². The van der Waals surface area contributed by atoms with Gasteiger partial charge in [-0.2, -0.15) is 0 Å². The van der Waals surface area contributed by atoms with Crippen LogP contribution in [0.4, 0.5) is 11.4 Å². The van der Waals surface area contributed by atoms with Crippen LogP contribution in [-0.4, -0.2) is 37.2 Å². The zero-order valence-corrected chi connectivity index (χ0v) is 15.2. The lowest BCUT2D eigenvalue weighted by Gasteiger charge is -2.32. The fourth-order valence-electron chi connectivity index (χ4n) is 4.58. The maximum absolute atomic E-state index is 13.0. The minimum Gasteiger partial charge on any atom is -0.325 e. The predicted molar refractivity (Wildman–Crippen MR) is 105 cm³/mol. The van der Waals surface area contributed by atoms with E-state index in [-0.39, 0.29) is 11.9 Å². The van der Waals surface area contributed by atoms with E-state index in [4.69, 9.17) is 0 Å². The highest BCUT2D eigenvalue weighted by Gasteiger charge is 2.41. The van der Waals surface area contributed by atoms with Crippen molar-refractivity contribution in [2.45, 2.75) is 44.6 Å². The van der Waals surface area contributed by atoms with Gasteiger partial charge in [0.15, 0.2) is 0 Å². The summed E-state index contributed by atoms with van der Waals surface area (Å²) in [5, 5.41) is 3.12. The molecular weight excluding hydrogens is 310 g/mol. The number of amides is 1. The number of likely N-dealkylation sites (N-methyl/N-ethyl adjacent to an activating group) is 1. The van der Waals surface area contributed by atoms with E-state index in [9.17, 15) is 4.79 Å². The Balaban J connectivity index is 1.74. The van der Waals surface area contributed by atoms with Gasteiger partial charge in [-0.25, -0.2) is 0 Å². The first-order valence-electron chi connectivity index (χ1n) is 9.38. The van der Waals surface area contributed by atoms with Crippen LogP contribution in [0.2, 0.25) is 0 Å². The number of nitrogens with zero attached hydrogens (tertiary/aromatic N) is 2. The van der Waals surface area contributed by atoms with Crippen molar-refractivity contribution in [2.24, 2.45) is 16.8 Å². The van der Waals surface area contributed by atoms with Crippen LogP contribution in [-0.2, 0) is 4.79 Å². The van der Waals surface area contributed by atoms with Crippen molar-refractivity contribution in [1.29, 1.82) is 0 Å². The SMILES string of the molecule is C=Cc1cc(NC(=O)[C@@H]2[C@@H](C3CCCCC3)CCN2C)ccc1N=C. The average Bonchev–Trinajstić information content (AvgIpc) is 3.04. The third-order valence-corrected chi connectivity index (χ3v) is 5.90. The molecule has 4 heteroatoms. The van der Waals surface area contributed by atoms with E-state index in [0.29, 0.717) is 11.8 Å². The monoisotopic (exact) mass is 339 g/mol. The Morgan fingerprint density at radius 2 is 2.04 bits per heavy atom. The smallest absolute Gasteiger partial charge is 0.242 e. The predicted octanol–water partition coefficient (Wildman–Crippen LogP) is 4.50. The molecule has 0 radical (unpaired) electrons.